The van der Waals surface area contributed by atoms with E-state index in [9.17, 15) is 8.42 Å². The van der Waals surface area contributed by atoms with Gasteiger partial charge in [0, 0.05) is 13.1 Å². The van der Waals surface area contributed by atoms with Crippen molar-refractivity contribution in [2.45, 2.75) is 44.6 Å². The number of aromatic nitrogens is 2. The van der Waals surface area contributed by atoms with E-state index in [2.05, 4.69) is 5.10 Å². The molecule has 136 valence electrons. The van der Waals surface area contributed by atoms with E-state index >= 15 is 0 Å². The van der Waals surface area contributed by atoms with Crippen LogP contribution in [0, 0.1) is 13.8 Å². The first-order chi connectivity index (χ1) is 11.9. The van der Waals surface area contributed by atoms with Gasteiger partial charge in [-0.3, -0.25) is 4.68 Å². The summed E-state index contributed by atoms with van der Waals surface area (Å²) in [5, 5.41) is 4.49. The summed E-state index contributed by atoms with van der Waals surface area (Å²) in [6.45, 7) is 5.31. The molecule has 1 aromatic heterocycles. The van der Waals surface area contributed by atoms with Crippen molar-refractivity contribution in [3.8, 4) is 5.75 Å². The summed E-state index contributed by atoms with van der Waals surface area (Å²) in [7, 11) is -1.85. The normalized spacial score (nSPS) is 16.1. The quantitative estimate of drug-likeness (QED) is 0.819. The number of rotatable bonds is 5. The third-order valence-corrected chi connectivity index (χ3v) is 6.85. The van der Waals surface area contributed by atoms with Crippen molar-refractivity contribution in [3.05, 3.63) is 41.2 Å². The van der Waals surface area contributed by atoms with E-state index in [1.807, 2.05) is 31.2 Å². The van der Waals surface area contributed by atoms with E-state index in [-0.39, 0.29) is 0 Å². The lowest BCUT2D eigenvalue weighted by molar-refractivity contribution is 0.346. The highest BCUT2D eigenvalue weighted by atomic mass is 32.2. The van der Waals surface area contributed by atoms with Crippen LogP contribution < -0.4 is 4.74 Å². The van der Waals surface area contributed by atoms with Crippen LogP contribution in [0.3, 0.4) is 0 Å². The zero-order valence-corrected chi connectivity index (χ0v) is 15.8. The molecular formula is C18H25N3O3S. The predicted octanol–water partition coefficient (Wildman–Crippen LogP) is 2.73. The predicted molar refractivity (Wildman–Crippen MR) is 96.4 cm³/mol. The summed E-state index contributed by atoms with van der Waals surface area (Å²) in [5.74, 6) is 0.778. The molecule has 1 fully saturated rings. The van der Waals surface area contributed by atoms with Gasteiger partial charge in [-0.1, -0.05) is 18.6 Å². The largest absolute Gasteiger partial charge is 0.497 e. The third-order valence-electron chi connectivity index (χ3n) is 4.69. The molecule has 0 aliphatic carbocycles. The number of hydrogen-bond donors (Lipinski definition) is 0. The van der Waals surface area contributed by atoms with Crippen LogP contribution in [0.1, 0.15) is 36.2 Å². The molecule has 25 heavy (non-hydrogen) atoms. The summed E-state index contributed by atoms with van der Waals surface area (Å²) >= 11 is 0. The van der Waals surface area contributed by atoms with E-state index in [1.54, 1.807) is 23.0 Å². The minimum Gasteiger partial charge on any atom is -0.497 e. The van der Waals surface area contributed by atoms with Gasteiger partial charge in [0.1, 0.15) is 10.6 Å². The van der Waals surface area contributed by atoms with Crippen LogP contribution in [0.15, 0.2) is 29.2 Å². The van der Waals surface area contributed by atoms with Gasteiger partial charge in [-0.15, -0.1) is 0 Å². The molecule has 0 radical (unpaired) electrons. The van der Waals surface area contributed by atoms with Gasteiger partial charge in [-0.2, -0.15) is 9.40 Å². The van der Waals surface area contributed by atoms with Gasteiger partial charge in [0.25, 0.3) is 0 Å². The molecule has 1 aliphatic heterocycles. The maximum absolute atomic E-state index is 13.0. The second-order valence-corrected chi connectivity index (χ2v) is 8.35. The molecule has 0 N–H and O–H groups in total. The number of methoxy groups -OCH3 is 1. The number of sulfonamides is 1. The van der Waals surface area contributed by atoms with Crippen molar-refractivity contribution in [1.29, 1.82) is 0 Å². The highest BCUT2D eigenvalue weighted by Gasteiger charge is 2.31. The van der Waals surface area contributed by atoms with Gasteiger partial charge in [-0.05, 0) is 44.4 Å². The zero-order valence-electron chi connectivity index (χ0n) is 15.0. The van der Waals surface area contributed by atoms with Crippen molar-refractivity contribution in [3.63, 3.8) is 0 Å². The molecule has 7 heteroatoms. The molecular weight excluding hydrogens is 338 g/mol. The Hall–Kier alpha value is -1.86. The Morgan fingerprint density at radius 1 is 1.16 bits per heavy atom. The maximum Gasteiger partial charge on any atom is 0.246 e. The SMILES string of the molecule is COc1cccc(Cn2nc(C)c(S(=O)(=O)N3CCCCC3)c2C)c1. The molecule has 1 aromatic carbocycles. The summed E-state index contributed by atoms with van der Waals surface area (Å²) in [5.41, 5.74) is 2.27. The number of nitrogens with zero attached hydrogens (tertiary/aromatic N) is 3. The van der Waals surface area contributed by atoms with Crippen LogP contribution in [0.25, 0.3) is 0 Å². The Balaban J connectivity index is 1.92. The molecule has 3 rings (SSSR count). The molecule has 6 nitrogen and oxygen atoms in total. The van der Waals surface area contributed by atoms with Crippen molar-refractivity contribution >= 4 is 10.0 Å². The number of piperidine rings is 1. The minimum atomic E-state index is -3.48. The Morgan fingerprint density at radius 3 is 2.56 bits per heavy atom. The highest BCUT2D eigenvalue weighted by molar-refractivity contribution is 7.89. The molecule has 0 unspecified atom stereocenters. The van der Waals surface area contributed by atoms with Crippen LogP contribution >= 0.6 is 0 Å². The fourth-order valence-corrected chi connectivity index (χ4v) is 5.28. The van der Waals surface area contributed by atoms with Crippen molar-refractivity contribution in [1.82, 2.24) is 14.1 Å². The summed E-state index contributed by atoms with van der Waals surface area (Å²) in [4.78, 5) is 0.359. The molecule has 0 atom stereocenters. The molecule has 2 heterocycles. The summed E-state index contributed by atoms with van der Waals surface area (Å²) in [6, 6.07) is 7.73. The molecule has 0 saturated carbocycles. The molecule has 0 amide bonds. The maximum atomic E-state index is 13.0. The van der Waals surface area contributed by atoms with Gasteiger partial charge in [0.05, 0.1) is 25.0 Å². The third kappa shape index (κ3) is 3.57. The number of hydrogen-bond acceptors (Lipinski definition) is 4. The Bertz CT molecular complexity index is 852. The van der Waals surface area contributed by atoms with E-state index < -0.39 is 10.0 Å². The van der Waals surface area contributed by atoms with Crippen molar-refractivity contribution in [2.24, 2.45) is 0 Å². The van der Waals surface area contributed by atoms with Gasteiger partial charge < -0.3 is 4.74 Å². The zero-order chi connectivity index (χ0) is 18.0. The summed E-state index contributed by atoms with van der Waals surface area (Å²) in [6.07, 6.45) is 2.95. The molecule has 0 bridgehead atoms. The molecule has 1 saturated heterocycles. The fraction of sp³-hybridized carbons (Fsp3) is 0.500. The Kier molecular flexibility index (Phi) is 5.15. The molecule has 2 aromatic rings. The standard InChI is InChI=1S/C18H25N3O3S/c1-14-18(25(22,23)20-10-5-4-6-11-20)15(2)21(19-14)13-16-8-7-9-17(12-16)24-3/h7-9,12H,4-6,10-11,13H2,1-3H3. The van der Waals surface area contributed by atoms with E-state index in [0.717, 1.165) is 30.6 Å². The van der Waals surface area contributed by atoms with Crippen LogP contribution in [0.4, 0.5) is 0 Å². The van der Waals surface area contributed by atoms with Crippen LogP contribution in [0.2, 0.25) is 0 Å². The first kappa shape index (κ1) is 17.9. The highest BCUT2D eigenvalue weighted by Crippen LogP contribution is 2.26. The van der Waals surface area contributed by atoms with Crippen LogP contribution in [-0.4, -0.2) is 42.7 Å². The number of aryl methyl sites for hydroxylation is 1. The summed E-state index contributed by atoms with van der Waals surface area (Å²) < 4.78 is 34.7. The van der Waals surface area contributed by atoms with Crippen LogP contribution in [-0.2, 0) is 16.6 Å². The second kappa shape index (κ2) is 7.17. The van der Waals surface area contributed by atoms with E-state index in [4.69, 9.17) is 4.74 Å². The minimum absolute atomic E-state index is 0.359. The fourth-order valence-electron chi connectivity index (χ4n) is 3.39. The molecule has 0 spiro atoms. The Morgan fingerprint density at radius 2 is 1.88 bits per heavy atom. The van der Waals surface area contributed by atoms with Gasteiger partial charge in [0.15, 0.2) is 0 Å². The first-order valence-electron chi connectivity index (χ1n) is 8.60. The van der Waals surface area contributed by atoms with Crippen LogP contribution in [0.5, 0.6) is 5.75 Å². The van der Waals surface area contributed by atoms with E-state index in [1.165, 1.54) is 0 Å². The number of ether oxygens (including phenoxy) is 1. The molecule has 1 aliphatic rings. The Labute approximate surface area is 149 Å². The van der Waals surface area contributed by atoms with E-state index in [0.29, 0.717) is 35.9 Å². The monoisotopic (exact) mass is 363 g/mol. The lowest BCUT2D eigenvalue weighted by atomic mass is 10.2. The van der Waals surface area contributed by atoms with Gasteiger partial charge >= 0.3 is 0 Å². The van der Waals surface area contributed by atoms with Gasteiger partial charge in [0.2, 0.25) is 10.0 Å². The second-order valence-electron chi connectivity index (χ2n) is 6.47. The topological polar surface area (TPSA) is 64.4 Å². The number of benzene rings is 1. The van der Waals surface area contributed by atoms with Gasteiger partial charge in [-0.25, -0.2) is 8.42 Å². The lowest BCUT2D eigenvalue weighted by Crippen LogP contribution is -2.36. The lowest BCUT2D eigenvalue weighted by Gasteiger charge is -2.26. The smallest absolute Gasteiger partial charge is 0.246 e. The average Bonchev–Trinajstić information content (AvgIpc) is 2.90. The van der Waals surface area contributed by atoms with Crippen molar-refractivity contribution in [2.75, 3.05) is 20.2 Å². The first-order valence-corrected chi connectivity index (χ1v) is 10.0. The van der Waals surface area contributed by atoms with Crippen molar-refractivity contribution < 1.29 is 13.2 Å². The average molecular weight is 363 g/mol.